The summed E-state index contributed by atoms with van der Waals surface area (Å²) in [5, 5.41) is 17.6. The number of rotatable bonds is 9. The van der Waals surface area contributed by atoms with Crippen LogP contribution in [-0.4, -0.2) is 29.7 Å². The molecular formula is C32H38F2N2O2. The van der Waals surface area contributed by atoms with Crippen LogP contribution in [0.3, 0.4) is 0 Å². The number of nitrogens with one attached hydrogen (secondary N) is 2. The van der Waals surface area contributed by atoms with Crippen molar-refractivity contribution in [2.45, 2.75) is 71.1 Å². The van der Waals surface area contributed by atoms with E-state index in [1.165, 1.54) is 28.8 Å². The maximum atomic E-state index is 13.9. The molecule has 0 radical (unpaired) electrons. The molecule has 3 N–H and O–H groups in total. The van der Waals surface area contributed by atoms with Crippen LogP contribution < -0.4 is 10.6 Å². The predicted molar refractivity (Wildman–Crippen MR) is 147 cm³/mol. The Hall–Kier alpha value is -3.09. The molecule has 0 aromatic heterocycles. The molecule has 3 atom stereocenters. The smallest absolute Gasteiger partial charge is 0.251 e. The van der Waals surface area contributed by atoms with Gasteiger partial charge in [0.05, 0.1) is 12.1 Å². The maximum Gasteiger partial charge on any atom is 0.251 e. The van der Waals surface area contributed by atoms with E-state index in [0.29, 0.717) is 11.1 Å². The first-order valence-corrected chi connectivity index (χ1v) is 13.4. The Kier molecular flexibility index (Phi) is 8.95. The molecule has 0 saturated carbocycles. The topological polar surface area (TPSA) is 61.4 Å². The van der Waals surface area contributed by atoms with Gasteiger partial charge in [0, 0.05) is 24.2 Å². The minimum Gasteiger partial charge on any atom is -0.390 e. The lowest BCUT2D eigenvalue weighted by atomic mass is 9.82. The SMILES string of the molecule is CC(C)(C)Cc1ccc2c(c1)[C@H](NC[C@H](O)C(Cc1cc(F)cc(F)c1)NC(=O)c1ccccc1)CCC2. The quantitative estimate of drug-likeness (QED) is 0.328. The highest BCUT2D eigenvalue weighted by atomic mass is 19.1. The first-order valence-electron chi connectivity index (χ1n) is 13.4. The summed E-state index contributed by atoms with van der Waals surface area (Å²) >= 11 is 0. The summed E-state index contributed by atoms with van der Waals surface area (Å²) in [5.74, 6) is -1.72. The second-order valence-corrected chi connectivity index (χ2v) is 11.6. The van der Waals surface area contributed by atoms with Crippen LogP contribution in [-0.2, 0) is 19.3 Å². The summed E-state index contributed by atoms with van der Waals surface area (Å²) in [7, 11) is 0. The second kappa shape index (κ2) is 12.2. The van der Waals surface area contributed by atoms with Gasteiger partial charge in [-0.1, -0.05) is 57.2 Å². The van der Waals surface area contributed by atoms with Gasteiger partial charge in [0.15, 0.2) is 0 Å². The van der Waals surface area contributed by atoms with Crippen LogP contribution in [0.2, 0.25) is 0 Å². The van der Waals surface area contributed by atoms with Crippen molar-refractivity contribution in [1.29, 1.82) is 0 Å². The summed E-state index contributed by atoms with van der Waals surface area (Å²) in [6, 6.07) is 18.1. The Balaban J connectivity index is 1.50. The number of amides is 1. The van der Waals surface area contributed by atoms with Crippen molar-refractivity contribution in [3.05, 3.63) is 106 Å². The Morgan fingerprint density at radius 1 is 1.00 bits per heavy atom. The third-order valence-electron chi connectivity index (χ3n) is 7.03. The number of aliphatic hydroxyl groups is 1. The lowest BCUT2D eigenvalue weighted by molar-refractivity contribution is 0.0823. The van der Waals surface area contributed by atoms with Gasteiger partial charge in [-0.05, 0) is 84.0 Å². The van der Waals surface area contributed by atoms with E-state index in [1.54, 1.807) is 24.3 Å². The molecule has 202 valence electrons. The summed E-state index contributed by atoms with van der Waals surface area (Å²) in [5.41, 5.74) is 4.90. The number of fused-ring (bicyclic) bond motifs is 1. The molecule has 0 spiro atoms. The fourth-order valence-electron chi connectivity index (χ4n) is 5.30. The molecule has 0 saturated heterocycles. The molecule has 0 bridgehead atoms. The van der Waals surface area contributed by atoms with E-state index in [4.69, 9.17) is 0 Å². The Labute approximate surface area is 224 Å². The predicted octanol–water partition coefficient (Wildman–Crippen LogP) is 5.92. The van der Waals surface area contributed by atoms with E-state index >= 15 is 0 Å². The van der Waals surface area contributed by atoms with Crippen LogP contribution in [0.5, 0.6) is 0 Å². The minimum atomic E-state index is -0.975. The standard InChI is InChI=1S/C32H38F2N2O2/c1-32(2,3)19-21-12-13-23-10-7-11-28(27(23)16-21)35-20-30(37)29(17-22-14-25(33)18-26(34)15-22)36-31(38)24-8-5-4-6-9-24/h4-6,8-9,12-16,18,28-30,35,37H,7,10-11,17,19-20H2,1-3H3,(H,36,38)/t28-,29?,30+/m1/s1. The van der Waals surface area contributed by atoms with Gasteiger partial charge >= 0.3 is 0 Å². The van der Waals surface area contributed by atoms with E-state index in [2.05, 4.69) is 49.6 Å². The molecule has 1 amide bonds. The number of aryl methyl sites for hydroxylation is 1. The maximum absolute atomic E-state index is 13.9. The number of halogens is 2. The van der Waals surface area contributed by atoms with Crippen molar-refractivity contribution in [1.82, 2.24) is 10.6 Å². The zero-order chi connectivity index (χ0) is 27.3. The molecule has 0 heterocycles. The normalized spacial score (nSPS) is 16.9. The van der Waals surface area contributed by atoms with E-state index in [0.717, 1.165) is 31.7 Å². The lowest BCUT2D eigenvalue weighted by Gasteiger charge is -2.31. The number of carbonyl (C=O) groups is 1. The van der Waals surface area contributed by atoms with E-state index in [9.17, 15) is 18.7 Å². The Bertz CT molecular complexity index is 1220. The number of hydrogen-bond acceptors (Lipinski definition) is 3. The Morgan fingerprint density at radius 2 is 1.71 bits per heavy atom. The average molecular weight is 521 g/mol. The Morgan fingerprint density at radius 3 is 2.39 bits per heavy atom. The largest absolute Gasteiger partial charge is 0.390 e. The highest BCUT2D eigenvalue weighted by Gasteiger charge is 2.26. The van der Waals surface area contributed by atoms with Crippen LogP contribution in [0.15, 0.2) is 66.7 Å². The van der Waals surface area contributed by atoms with Crippen molar-refractivity contribution >= 4 is 5.91 Å². The van der Waals surface area contributed by atoms with Crippen LogP contribution in [0.25, 0.3) is 0 Å². The molecule has 1 aliphatic rings. The van der Waals surface area contributed by atoms with Crippen molar-refractivity contribution < 1.29 is 18.7 Å². The zero-order valence-electron chi connectivity index (χ0n) is 22.4. The van der Waals surface area contributed by atoms with Gasteiger partial charge in [-0.2, -0.15) is 0 Å². The summed E-state index contributed by atoms with van der Waals surface area (Å²) in [6.07, 6.45) is 3.13. The third kappa shape index (κ3) is 7.71. The van der Waals surface area contributed by atoms with Gasteiger partial charge in [0.1, 0.15) is 11.6 Å². The molecule has 38 heavy (non-hydrogen) atoms. The van der Waals surface area contributed by atoms with E-state index in [-0.39, 0.29) is 30.3 Å². The number of aliphatic hydroxyl groups excluding tert-OH is 1. The van der Waals surface area contributed by atoms with Gasteiger partial charge in [-0.25, -0.2) is 8.78 Å². The second-order valence-electron chi connectivity index (χ2n) is 11.6. The van der Waals surface area contributed by atoms with Crippen molar-refractivity contribution in [3.8, 4) is 0 Å². The van der Waals surface area contributed by atoms with Crippen molar-refractivity contribution in [2.75, 3.05) is 6.54 Å². The number of carbonyl (C=O) groups excluding carboxylic acids is 1. The number of benzene rings is 3. The number of hydrogen-bond donors (Lipinski definition) is 3. The van der Waals surface area contributed by atoms with E-state index in [1.807, 2.05) is 6.07 Å². The minimum absolute atomic E-state index is 0.0883. The van der Waals surface area contributed by atoms with Crippen molar-refractivity contribution in [2.24, 2.45) is 5.41 Å². The molecule has 4 nitrogen and oxygen atoms in total. The summed E-state index contributed by atoms with van der Waals surface area (Å²) < 4.78 is 27.7. The molecule has 0 fully saturated rings. The van der Waals surface area contributed by atoms with Gasteiger partial charge in [-0.3, -0.25) is 4.79 Å². The molecule has 3 aromatic rings. The van der Waals surface area contributed by atoms with Crippen molar-refractivity contribution in [3.63, 3.8) is 0 Å². The fourth-order valence-corrected chi connectivity index (χ4v) is 5.30. The highest BCUT2D eigenvalue weighted by Crippen LogP contribution is 2.32. The van der Waals surface area contributed by atoms with E-state index < -0.39 is 23.8 Å². The first-order chi connectivity index (χ1) is 18.1. The molecule has 3 aromatic carbocycles. The summed E-state index contributed by atoms with van der Waals surface area (Å²) in [6.45, 7) is 6.91. The van der Waals surface area contributed by atoms with Crippen LogP contribution >= 0.6 is 0 Å². The van der Waals surface area contributed by atoms with Gasteiger partial charge in [0.25, 0.3) is 5.91 Å². The molecule has 4 rings (SSSR count). The fraction of sp³-hybridized carbons (Fsp3) is 0.406. The van der Waals surface area contributed by atoms with Crippen LogP contribution in [0.1, 0.15) is 72.3 Å². The molecular weight excluding hydrogens is 482 g/mol. The molecule has 1 unspecified atom stereocenters. The molecule has 6 heteroatoms. The highest BCUT2D eigenvalue weighted by molar-refractivity contribution is 5.94. The zero-order valence-corrected chi connectivity index (χ0v) is 22.4. The van der Waals surface area contributed by atoms with Gasteiger partial charge in [0.2, 0.25) is 0 Å². The molecule has 1 aliphatic carbocycles. The monoisotopic (exact) mass is 520 g/mol. The van der Waals surface area contributed by atoms with Gasteiger partial charge < -0.3 is 15.7 Å². The third-order valence-corrected chi connectivity index (χ3v) is 7.03. The van der Waals surface area contributed by atoms with Crippen LogP contribution in [0, 0.1) is 17.0 Å². The molecule has 0 aliphatic heterocycles. The lowest BCUT2D eigenvalue weighted by Crippen LogP contribution is -2.49. The van der Waals surface area contributed by atoms with Crippen LogP contribution in [0.4, 0.5) is 8.78 Å². The first kappa shape index (κ1) is 27.9. The average Bonchev–Trinajstić information content (AvgIpc) is 2.85. The summed E-state index contributed by atoms with van der Waals surface area (Å²) in [4.78, 5) is 12.9. The van der Waals surface area contributed by atoms with Gasteiger partial charge in [-0.15, -0.1) is 0 Å².